The Balaban J connectivity index is 1.56. The van der Waals surface area contributed by atoms with E-state index in [0.29, 0.717) is 5.92 Å². The summed E-state index contributed by atoms with van der Waals surface area (Å²) in [5.74, 6) is -1.29. The molecule has 1 aromatic rings. The standard InChI is InChI=1S/C20H26F2N2O2/c21-15-4-5-16(17(22)12-15)19(24-8-2-1-3-9-24)20(25)26-18-13-23-10-6-14(18)7-11-23/h4-5,12,14,18-19H,1-3,6-11,13H2. The van der Waals surface area contributed by atoms with E-state index in [9.17, 15) is 13.6 Å². The average molecular weight is 364 g/mol. The number of hydrogen-bond acceptors (Lipinski definition) is 4. The van der Waals surface area contributed by atoms with Crippen molar-refractivity contribution in [1.82, 2.24) is 9.80 Å². The van der Waals surface area contributed by atoms with Gasteiger partial charge in [0.25, 0.3) is 0 Å². The first-order chi connectivity index (χ1) is 12.6. The number of carbonyl (C=O) groups is 1. The summed E-state index contributed by atoms with van der Waals surface area (Å²) < 4.78 is 33.7. The van der Waals surface area contributed by atoms with Crippen LogP contribution in [0.3, 0.4) is 0 Å². The van der Waals surface area contributed by atoms with Crippen LogP contribution in [0.2, 0.25) is 0 Å². The Bertz CT molecular complexity index is 655. The van der Waals surface area contributed by atoms with Gasteiger partial charge in [0.05, 0.1) is 0 Å². The van der Waals surface area contributed by atoms with Crippen molar-refractivity contribution >= 4 is 5.97 Å². The number of nitrogens with zero attached hydrogens (tertiary/aromatic N) is 2. The van der Waals surface area contributed by atoms with Crippen LogP contribution in [0.4, 0.5) is 8.78 Å². The Labute approximate surface area is 153 Å². The van der Waals surface area contributed by atoms with Crippen LogP contribution >= 0.6 is 0 Å². The molecule has 4 aliphatic heterocycles. The molecule has 1 aromatic carbocycles. The van der Waals surface area contributed by atoms with Crippen LogP contribution in [0.15, 0.2) is 18.2 Å². The highest BCUT2D eigenvalue weighted by atomic mass is 19.1. The summed E-state index contributed by atoms with van der Waals surface area (Å²) in [6, 6.07) is 2.68. The molecular formula is C20H26F2N2O2. The number of hydrogen-bond donors (Lipinski definition) is 0. The number of ether oxygens (including phenoxy) is 1. The van der Waals surface area contributed by atoms with Crippen molar-refractivity contribution in [1.29, 1.82) is 0 Å². The molecule has 0 saturated carbocycles. The molecule has 0 spiro atoms. The number of piperidine rings is 4. The molecule has 0 radical (unpaired) electrons. The minimum atomic E-state index is -0.786. The first-order valence-corrected chi connectivity index (χ1v) is 9.73. The maximum atomic E-state index is 14.5. The molecule has 4 aliphatic rings. The van der Waals surface area contributed by atoms with Gasteiger partial charge in [-0.15, -0.1) is 0 Å². The molecule has 4 nitrogen and oxygen atoms in total. The number of carbonyl (C=O) groups excluding carboxylic acids is 1. The number of fused-ring (bicyclic) bond motifs is 3. The van der Waals surface area contributed by atoms with Gasteiger partial charge in [0.15, 0.2) is 0 Å². The Morgan fingerprint density at radius 3 is 2.42 bits per heavy atom. The molecule has 5 rings (SSSR count). The van der Waals surface area contributed by atoms with Gasteiger partial charge >= 0.3 is 5.97 Å². The Morgan fingerprint density at radius 1 is 1.08 bits per heavy atom. The molecule has 2 bridgehead atoms. The third-order valence-corrected chi connectivity index (χ3v) is 6.10. The number of esters is 1. The van der Waals surface area contributed by atoms with Crippen LogP contribution in [0.5, 0.6) is 0 Å². The van der Waals surface area contributed by atoms with E-state index in [2.05, 4.69) is 4.90 Å². The van der Waals surface area contributed by atoms with Crippen molar-refractivity contribution in [2.45, 2.75) is 44.2 Å². The lowest BCUT2D eigenvalue weighted by atomic mass is 9.86. The summed E-state index contributed by atoms with van der Waals surface area (Å²) in [6.45, 7) is 4.38. The lowest BCUT2D eigenvalue weighted by Gasteiger charge is -2.44. The first-order valence-electron chi connectivity index (χ1n) is 9.73. The van der Waals surface area contributed by atoms with Crippen molar-refractivity contribution in [2.75, 3.05) is 32.7 Å². The van der Waals surface area contributed by atoms with Crippen molar-refractivity contribution in [2.24, 2.45) is 5.92 Å². The van der Waals surface area contributed by atoms with E-state index in [1.54, 1.807) is 0 Å². The third-order valence-electron chi connectivity index (χ3n) is 6.10. The minimum absolute atomic E-state index is 0.110. The third kappa shape index (κ3) is 3.62. The molecule has 4 heterocycles. The fourth-order valence-corrected chi connectivity index (χ4v) is 4.63. The summed E-state index contributed by atoms with van der Waals surface area (Å²) >= 11 is 0. The van der Waals surface area contributed by atoms with E-state index in [4.69, 9.17) is 4.74 Å². The van der Waals surface area contributed by atoms with E-state index >= 15 is 0 Å². The molecule has 6 heteroatoms. The second-order valence-corrected chi connectivity index (χ2v) is 7.78. The van der Waals surface area contributed by atoms with Gasteiger partial charge in [0.2, 0.25) is 0 Å². The largest absolute Gasteiger partial charge is 0.459 e. The van der Waals surface area contributed by atoms with Crippen LogP contribution < -0.4 is 0 Å². The van der Waals surface area contributed by atoms with Crippen LogP contribution in [0.25, 0.3) is 0 Å². The maximum absolute atomic E-state index is 14.5. The quantitative estimate of drug-likeness (QED) is 0.769. The smallest absolute Gasteiger partial charge is 0.328 e. The van der Waals surface area contributed by atoms with E-state index < -0.39 is 23.6 Å². The monoisotopic (exact) mass is 364 g/mol. The minimum Gasteiger partial charge on any atom is -0.459 e. The topological polar surface area (TPSA) is 32.8 Å². The van der Waals surface area contributed by atoms with E-state index in [-0.39, 0.29) is 11.7 Å². The van der Waals surface area contributed by atoms with Gasteiger partial charge in [-0.2, -0.15) is 0 Å². The summed E-state index contributed by atoms with van der Waals surface area (Å²) in [5.41, 5.74) is 0.222. The molecule has 2 unspecified atom stereocenters. The van der Waals surface area contributed by atoms with Crippen LogP contribution in [-0.4, -0.2) is 54.6 Å². The highest BCUT2D eigenvalue weighted by molar-refractivity contribution is 5.78. The number of likely N-dealkylation sites (tertiary alicyclic amines) is 1. The molecule has 0 amide bonds. The average Bonchev–Trinajstić information content (AvgIpc) is 2.66. The van der Waals surface area contributed by atoms with Crippen molar-refractivity contribution < 1.29 is 18.3 Å². The van der Waals surface area contributed by atoms with Gasteiger partial charge in [0.1, 0.15) is 23.8 Å². The van der Waals surface area contributed by atoms with Crippen molar-refractivity contribution in [3.05, 3.63) is 35.4 Å². The molecule has 26 heavy (non-hydrogen) atoms. The lowest BCUT2D eigenvalue weighted by molar-refractivity contribution is -0.166. The van der Waals surface area contributed by atoms with Gasteiger partial charge in [-0.25, -0.2) is 13.6 Å². The predicted octanol–water partition coefficient (Wildman–Crippen LogP) is 3.13. The summed E-state index contributed by atoms with van der Waals surface area (Å²) in [7, 11) is 0. The van der Waals surface area contributed by atoms with E-state index in [1.165, 1.54) is 12.1 Å². The van der Waals surface area contributed by atoms with Gasteiger partial charge in [-0.1, -0.05) is 12.5 Å². The molecule has 2 atom stereocenters. The van der Waals surface area contributed by atoms with Crippen LogP contribution in [0.1, 0.15) is 43.7 Å². The zero-order valence-electron chi connectivity index (χ0n) is 15.0. The second-order valence-electron chi connectivity index (χ2n) is 7.78. The van der Waals surface area contributed by atoms with Crippen LogP contribution in [0, 0.1) is 17.6 Å². The Kier molecular flexibility index (Phi) is 5.23. The van der Waals surface area contributed by atoms with Crippen LogP contribution in [-0.2, 0) is 9.53 Å². The molecule has 0 N–H and O–H groups in total. The number of rotatable bonds is 4. The molecule has 4 fully saturated rings. The number of halogens is 2. The maximum Gasteiger partial charge on any atom is 0.328 e. The normalized spacial score (nSPS) is 30.2. The van der Waals surface area contributed by atoms with Gasteiger partial charge in [0, 0.05) is 18.2 Å². The Hall–Kier alpha value is -1.53. The fourth-order valence-electron chi connectivity index (χ4n) is 4.63. The molecule has 0 aromatic heterocycles. The molecule has 4 saturated heterocycles. The highest BCUT2D eigenvalue weighted by Gasteiger charge is 2.39. The van der Waals surface area contributed by atoms with Gasteiger partial charge < -0.3 is 4.74 Å². The number of benzene rings is 1. The highest BCUT2D eigenvalue weighted by Crippen LogP contribution is 2.33. The van der Waals surface area contributed by atoms with E-state index in [1.807, 2.05) is 4.90 Å². The summed E-state index contributed by atoms with van der Waals surface area (Å²) in [4.78, 5) is 17.4. The second kappa shape index (κ2) is 7.61. The van der Waals surface area contributed by atoms with Crippen molar-refractivity contribution in [3.63, 3.8) is 0 Å². The predicted molar refractivity (Wildman–Crippen MR) is 93.6 cm³/mol. The zero-order valence-corrected chi connectivity index (χ0v) is 15.0. The lowest BCUT2D eigenvalue weighted by Crippen LogP contribution is -2.53. The zero-order chi connectivity index (χ0) is 18.1. The van der Waals surface area contributed by atoms with Gasteiger partial charge in [-0.3, -0.25) is 9.80 Å². The SMILES string of the molecule is O=C(OC1CN2CCC1CC2)C(c1ccc(F)cc1F)N1CCCCC1. The molecule has 0 aliphatic carbocycles. The summed E-state index contributed by atoms with van der Waals surface area (Å²) in [6.07, 6.45) is 5.07. The molecular weight excluding hydrogens is 338 g/mol. The first kappa shape index (κ1) is 17.9. The van der Waals surface area contributed by atoms with E-state index in [0.717, 1.165) is 70.9 Å². The summed E-state index contributed by atoms with van der Waals surface area (Å²) in [5, 5.41) is 0. The molecule has 142 valence electrons. The fraction of sp³-hybridized carbons (Fsp3) is 0.650. The Morgan fingerprint density at radius 2 is 1.81 bits per heavy atom. The van der Waals surface area contributed by atoms with Crippen molar-refractivity contribution in [3.8, 4) is 0 Å². The van der Waals surface area contributed by atoms with Gasteiger partial charge in [-0.05, 0) is 63.8 Å².